The zero-order valence-corrected chi connectivity index (χ0v) is 11.7. The third-order valence-corrected chi connectivity index (χ3v) is 3.05. The van der Waals surface area contributed by atoms with Crippen molar-refractivity contribution >= 4 is 0 Å². The van der Waals surface area contributed by atoms with E-state index < -0.39 is 0 Å². The van der Waals surface area contributed by atoms with Crippen LogP contribution in [0.3, 0.4) is 0 Å². The van der Waals surface area contributed by atoms with Crippen LogP contribution in [0.1, 0.15) is 37.4 Å². The van der Waals surface area contributed by atoms with Gasteiger partial charge in [-0.15, -0.1) is 0 Å². The molecule has 1 rings (SSSR count). The Bertz CT molecular complexity index is 369. The lowest BCUT2D eigenvalue weighted by molar-refractivity contribution is 0.0308. The maximum atomic E-state index is 5.74. The van der Waals surface area contributed by atoms with Gasteiger partial charge in [0.25, 0.3) is 0 Å². The van der Waals surface area contributed by atoms with Crippen molar-refractivity contribution in [1.29, 1.82) is 0 Å². The fourth-order valence-electron chi connectivity index (χ4n) is 2.16. The normalized spacial score (nSPS) is 14.3. The summed E-state index contributed by atoms with van der Waals surface area (Å²) in [6.45, 7) is 6.81. The topological polar surface area (TPSA) is 56.5 Å². The van der Waals surface area contributed by atoms with Crippen LogP contribution >= 0.6 is 0 Å². The standard InChI is InChI=1S/C14H24N2O2/c1-5-12(18-6-2)14(16-15)11-9-10(3)7-8-13(11)17-4/h7-9,12,14,16H,5-6,15H2,1-4H3. The number of ether oxygens (including phenoxy) is 2. The molecule has 0 aromatic heterocycles. The number of hydrogen-bond donors (Lipinski definition) is 2. The molecule has 1 aromatic carbocycles. The lowest BCUT2D eigenvalue weighted by Crippen LogP contribution is -2.38. The Balaban J connectivity index is 3.09. The second kappa shape index (κ2) is 7.36. The minimum absolute atomic E-state index is 0.0377. The third kappa shape index (κ3) is 3.45. The van der Waals surface area contributed by atoms with Crippen LogP contribution in [-0.2, 0) is 4.74 Å². The summed E-state index contributed by atoms with van der Waals surface area (Å²) in [5, 5.41) is 0. The molecule has 2 atom stereocenters. The van der Waals surface area contributed by atoms with Crippen molar-refractivity contribution < 1.29 is 9.47 Å². The summed E-state index contributed by atoms with van der Waals surface area (Å²) in [6, 6.07) is 6.01. The number of hydrogen-bond acceptors (Lipinski definition) is 4. The van der Waals surface area contributed by atoms with Gasteiger partial charge < -0.3 is 9.47 Å². The summed E-state index contributed by atoms with van der Waals surface area (Å²) >= 11 is 0. The highest BCUT2D eigenvalue weighted by Gasteiger charge is 2.24. The molecule has 0 fully saturated rings. The van der Waals surface area contributed by atoms with Crippen LogP contribution in [0.4, 0.5) is 0 Å². The molecule has 0 saturated carbocycles. The van der Waals surface area contributed by atoms with Gasteiger partial charge in [0, 0.05) is 12.2 Å². The molecule has 0 aliphatic carbocycles. The highest BCUT2D eigenvalue weighted by molar-refractivity contribution is 5.39. The van der Waals surface area contributed by atoms with Gasteiger partial charge in [0.2, 0.25) is 0 Å². The Morgan fingerprint density at radius 1 is 1.33 bits per heavy atom. The highest BCUT2D eigenvalue weighted by atomic mass is 16.5. The Kier molecular flexibility index (Phi) is 6.12. The van der Waals surface area contributed by atoms with E-state index in [2.05, 4.69) is 25.3 Å². The number of rotatable bonds is 7. The third-order valence-electron chi connectivity index (χ3n) is 3.05. The predicted molar refractivity (Wildman–Crippen MR) is 73.5 cm³/mol. The Morgan fingerprint density at radius 2 is 2.06 bits per heavy atom. The van der Waals surface area contributed by atoms with E-state index in [1.54, 1.807) is 7.11 Å². The molecule has 0 aliphatic rings. The van der Waals surface area contributed by atoms with Gasteiger partial charge in [-0.25, -0.2) is 0 Å². The Morgan fingerprint density at radius 3 is 2.56 bits per heavy atom. The zero-order valence-electron chi connectivity index (χ0n) is 11.7. The summed E-state index contributed by atoms with van der Waals surface area (Å²) in [7, 11) is 1.67. The molecule has 0 spiro atoms. The monoisotopic (exact) mass is 252 g/mol. The molecule has 4 nitrogen and oxygen atoms in total. The molecule has 2 unspecified atom stereocenters. The molecule has 0 amide bonds. The van der Waals surface area contributed by atoms with Crippen molar-refractivity contribution in [2.75, 3.05) is 13.7 Å². The van der Waals surface area contributed by atoms with Crippen LogP contribution in [0.2, 0.25) is 0 Å². The van der Waals surface area contributed by atoms with Crippen LogP contribution in [-0.4, -0.2) is 19.8 Å². The second-order valence-corrected chi connectivity index (χ2v) is 4.29. The van der Waals surface area contributed by atoms with Crippen molar-refractivity contribution in [3.63, 3.8) is 0 Å². The minimum Gasteiger partial charge on any atom is -0.496 e. The van der Waals surface area contributed by atoms with Crippen molar-refractivity contribution in [2.45, 2.75) is 39.3 Å². The van der Waals surface area contributed by atoms with E-state index in [9.17, 15) is 0 Å². The SMILES string of the molecule is CCOC(CC)C(NN)c1cc(C)ccc1OC. The van der Waals surface area contributed by atoms with E-state index in [0.717, 1.165) is 17.7 Å². The average molecular weight is 252 g/mol. The molecule has 4 heteroatoms. The summed E-state index contributed by atoms with van der Waals surface area (Å²) in [4.78, 5) is 0. The molecule has 0 aliphatic heterocycles. The van der Waals surface area contributed by atoms with Gasteiger partial charge in [-0.1, -0.05) is 24.6 Å². The average Bonchev–Trinajstić information content (AvgIpc) is 2.39. The molecular formula is C14H24N2O2. The number of benzene rings is 1. The van der Waals surface area contributed by atoms with Crippen molar-refractivity contribution in [2.24, 2.45) is 5.84 Å². The molecule has 18 heavy (non-hydrogen) atoms. The van der Waals surface area contributed by atoms with Gasteiger partial charge in [-0.3, -0.25) is 11.3 Å². The minimum atomic E-state index is -0.0650. The van der Waals surface area contributed by atoms with Gasteiger partial charge in [0.05, 0.1) is 19.3 Å². The molecule has 0 saturated heterocycles. The van der Waals surface area contributed by atoms with Crippen LogP contribution in [0.15, 0.2) is 18.2 Å². The quantitative estimate of drug-likeness (QED) is 0.577. The van der Waals surface area contributed by atoms with Gasteiger partial charge >= 0.3 is 0 Å². The summed E-state index contributed by atoms with van der Waals surface area (Å²) in [6.07, 6.45) is 0.926. The first kappa shape index (κ1) is 15.0. The van der Waals surface area contributed by atoms with Crippen LogP contribution in [0.25, 0.3) is 0 Å². The molecule has 1 aromatic rings. The first-order valence-corrected chi connectivity index (χ1v) is 6.40. The molecular weight excluding hydrogens is 228 g/mol. The Labute approximate surface area is 109 Å². The molecule has 0 heterocycles. The summed E-state index contributed by atoms with van der Waals surface area (Å²) in [5.41, 5.74) is 5.07. The van der Waals surface area contributed by atoms with E-state index in [4.69, 9.17) is 15.3 Å². The van der Waals surface area contributed by atoms with Crippen LogP contribution in [0.5, 0.6) is 5.75 Å². The van der Waals surface area contributed by atoms with E-state index in [0.29, 0.717) is 6.61 Å². The maximum absolute atomic E-state index is 5.74. The van der Waals surface area contributed by atoms with Crippen molar-refractivity contribution in [3.05, 3.63) is 29.3 Å². The van der Waals surface area contributed by atoms with Crippen LogP contribution < -0.4 is 16.0 Å². The van der Waals surface area contributed by atoms with Crippen molar-refractivity contribution in [1.82, 2.24) is 5.43 Å². The van der Waals surface area contributed by atoms with Gasteiger partial charge in [0.1, 0.15) is 5.75 Å². The van der Waals surface area contributed by atoms with Crippen LogP contribution in [0, 0.1) is 6.92 Å². The molecule has 102 valence electrons. The lowest BCUT2D eigenvalue weighted by atomic mass is 9.97. The number of aryl methyl sites for hydroxylation is 1. The first-order chi connectivity index (χ1) is 8.67. The van der Waals surface area contributed by atoms with Gasteiger partial charge in [0.15, 0.2) is 0 Å². The predicted octanol–water partition coefficient (Wildman–Crippen LogP) is 2.32. The number of nitrogens with two attached hydrogens (primary N) is 1. The number of hydrazine groups is 1. The van der Waals surface area contributed by atoms with Gasteiger partial charge in [-0.2, -0.15) is 0 Å². The molecule has 0 bridgehead atoms. The Hall–Kier alpha value is -1.10. The fourth-order valence-corrected chi connectivity index (χ4v) is 2.16. The maximum Gasteiger partial charge on any atom is 0.123 e. The van der Waals surface area contributed by atoms with E-state index in [-0.39, 0.29) is 12.1 Å². The van der Waals surface area contributed by atoms with E-state index in [1.807, 2.05) is 19.1 Å². The number of methoxy groups -OCH3 is 1. The van der Waals surface area contributed by atoms with E-state index >= 15 is 0 Å². The summed E-state index contributed by atoms with van der Waals surface area (Å²) in [5.74, 6) is 6.53. The second-order valence-electron chi connectivity index (χ2n) is 4.29. The fraction of sp³-hybridized carbons (Fsp3) is 0.571. The molecule has 3 N–H and O–H groups in total. The number of nitrogens with one attached hydrogen (secondary N) is 1. The first-order valence-electron chi connectivity index (χ1n) is 6.40. The van der Waals surface area contributed by atoms with Gasteiger partial charge in [-0.05, 0) is 26.3 Å². The van der Waals surface area contributed by atoms with E-state index in [1.165, 1.54) is 5.56 Å². The lowest BCUT2D eigenvalue weighted by Gasteiger charge is -2.27. The highest BCUT2D eigenvalue weighted by Crippen LogP contribution is 2.30. The largest absolute Gasteiger partial charge is 0.496 e. The molecule has 0 radical (unpaired) electrons. The summed E-state index contributed by atoms with van der Waals surface area (Å²) < 4.78 is 11.1. The van der Waals surface area contributed by atoms with Crippen molar-refractivity contribution in [3.8, 4) is 5.75 Å². The smallest absolute Gasteiger partial charge is 0.123 e. The zero-order chi connectivity index (χ0) is 13.5.